The van der Waals surface area contributed by atoms with Crippen molar-refractivity contribution in [3.63, 3.8) is 0 Å². The molecule has 168 valence electrons. The van der Waals surface area contributed by atoms with Crippen LogP contribution in [0.5, 0.6) is 17.2 Å². The zero-order valence-corrected chi connectivity index (χ0v) is 16.4. The summed E-state index contributed by atoms with van der Waals surface area (Å²) < 4.78 is 16.4. The molecule has 2 aromatic carbocycles. The van der Waals surface area contributed by atoms with Crippen molar-refractivity contribution in [2.75, 3.05) is 13.2 Å². The minimum atomic E-state index is -1.59. The van der Waals surface area contributed by atoms with Crippen LogP contribution in [0.1, 0.15) is 15.9 Å². The summed E-state index contributed by atoms with van der Waals surface area (Å²) >= 11 is 0. The molecule has 10 heteroatoms. The summed E-state index contributed by atoms with van der Waals surface area (Å²) in [5, 5.41) is 58.2. The van der Waals surface area contributed by atoms with Gasteiger partial charge in [0.15, 0.2) is 23.9 Å². The van der Waals surface area contributed by atoms with E-state index in [9.17, 15) is 35.4 Å². The molecular formula is C21H24O10. The van der Waals surface area contributed by atoms with Gasteiger partial charge >= 0.3 is 5.97 Å². The van der Waals surface area contributed by atoms with Crippen LogP contribution in [-0.2, 0) is 20.6 Å². The van der Waals surface area contributed by atoms with Crippen molar-refractivity contribution in [1.29, 1.82) is 0 Å². The fourth-order valence-electron chi connectivity index (χ4n) is 3.12. The highest BCUT2D eigenvalue weighted by Crippen LogP contribution is 2.27. The van der Waals surface area contributed by atoms with Gasteiger partial charge in [0.1, 0.15) is 24.1 Å². The monoisotopic (exact) mass is 436 g/mol. The lowest BCUT2D eigenvalue weighted by Crippen LogP contribution is -2.60. The predicted molar refractivity (Wildman–Crippen MR) is 104 cm³/mol. The third-order valence-corrected chi connectivity index (χ3v) is 4.88. The molecule has 0 aliphatic carbocycles. The zero-order valence-electron chi connectivity index (χ0n) is 16.4. The molecular weight excluding hydrogens is 412 g/mol. The first-order valence-corrected chi connectivity index (χ1v) is 9.55. The van der Waals surface area contributed by atoms with Gasteiger partial charge < -0.3 is 44.8 Å². The van der Waals surface area contributed by atoms with Crippen LogP contribution >= 0.6 is 0 Å². The largest absolute Gasteiger partial charge is 0.508 e. The van der Waals surface area contributed by atoms with Crippen molar-refractivity contribution in [2.45, 2.75) is 37.1 Å². The molecule has 0 bridgehead atoms. The van der Waals surface area contributed by atoms with Gasteiger partial charge in [-0.05, 0) is 48.4 Å². The Morgan fingerprint density at radius 2 is 1.68 bits per heavy atom. The second-order valence-corrected chi connectivity index (χ2v) is 7.07. The van der Waals surface area contributed by atoms with E-state index in [0.29, 0.717) is 5.56 Å². The molecule has 5 atom stereocenters. The second-order valence-electron chi connectivity index (χ2n) is 7.07. The Kier molecular flexibility index (Phi) is 7.31. The summed E-state index contributed by atoms with van der Waals surface area (Å²) in [7, 11) is 0. The van der Waals surface area contributed by atoms with Crippen molar-refractivity contribution >= 4 is 5.97 Å². The first kappa shape index (κ1) is 22.8. The maximum Gasteiger partial charge on any atom is 0.338 e. The molecule has 3 rings (SSSR count). The van der Waals surface area contributed by atoms with Crippen molar-refractivity contribution in [1.82, 2.24) is 0 Å². The minimum Gasteiger partial charge on any atom is -0.508 e. The standard InChI is InChI=1S/C21H24O10/c22-10-16-17(26)18(27)19(31-20(28)12-2-4-13(23)5-3-12)21(30-16)29-8-7-11-1-6-14(24)15(25)9-11/h1-6,9,16-19,21-27H,7-8,10H2/t16-,17-,18+,19-,21-/m1/s1. The van der Waals surface area contributed by atoms with Gasteiger partial charge in [-0.15, -0.1) is 0 Å². The first-order valence-electron chi connectivity index (χ1n) is 9.55. The molecule has 1 saturated heterocycles. The van der Waals surface area contributed by atoms with Crippen LogP contribution in [-0.4, -0.2) is 80.5 Å². The molecule has 1 heterocycles. The number of esters is 1. The Balaban J connectivity index is 1.69. The van der Waals surface area contributed by atoms with E-state index in [0.717, 1.165) is 0 Å². The molecule has 0 spiro atoms. The number of carbonyl (C=O) groups is 1. The summed E-state index contributed by atoms with van der Waals surface area (Å²) in [6.45, 7) is -0.578. The third kappa shape index (κ3) is 5.43. The van der Waals surface area contributed by atoms with Gasteiger partial charge in [-0.2, -0.15) is 0 Å². The number of hydrogen-bond acceptors (Lipinski definition) is 10. The molecule has 0 aromatic heterocycles. The van der Waals surface area contributed by atoms with Crippen LogP contribution in [0.15, 0.2) is 42.5 Å². The SMILES string of the molecule is O=C(O[C@H]1[C@H](OCCc2ccc(O)c(O)c2)O[C@H](CO)[C@@H](O)[C@@H]1O)c1ccc(O)cc1. The molecule has 0 unspecified atom stereocenters. The molecule has 10 nitrogen and oxygen atoms in total. The van der Waals surface area contributed by atoms with Gasteiger partial charge in [0, 0.05) is 0 Å². The lowest BCUT2D eigenvalue weighted by atomic mass is 9.99. The summed E-state index contributed by atoms with van der Waals surface area (Å²) in [5.74, 6) is -1.42. The van der Waals surface area contributed by atoms with Crippen molar-refractivity contribution in [3.05, 3.63) is 53.6 Å². The van der Waals surface area contributed by atoms with Gasteiger partial charge in [0.05, 0.1) is 18.8 Å². The van der Waals surface area contributed by atoms with E-state index in [1.165, 1.54) is 36.4 Å². The number of benzene rings is 2. The maximum absolute atomic E-state index is 12.4. The third-order valence-electron chi connectivity index (χ3n) is 4.88. The van der Waals surface area contributed by atoms with Crippen molar-refractivity contribution < 1.29 is 49.6 Å². The molecule has 6 N–H and O–H groups in total. The smallest absolute Gasteiger partial charge is 0.338 e. The Labute approximate surface area is 177 Å². The normalized spacial score (nSPS) is 25.8. The second kappa shape index (κ2) is 9.94. The van der Waals surface area contributed by atoms with E-state index in [2.05, 4.69) is 0 Å². The Bertz CT molecular complexity index is 884. The van der Waals surface area contributed by atoms with Crippen molar-refractivity contribution in [3.8, 4) is 17.2 Å². The first-order chi connectivity index (χ1) is 14.8. The highest BCUT2D eigenvalue weighted by molar-refractivity contribution is 5.89. The van der Waals surface area contributed by atoms with Crippen LogP contribution in [0, 0.1) is 0 Å². The average molecular weight is 436 g/mol. The van der Waals surface area contributed by atoms with E-state index < -0.39 is 43.3 Å². The summed E-state index contributed by atoms with van der Waals surface area (Å²) in [4.78, 5) is 12.4. The van der Waals surface area contributed by atoms with E-state index >= 15 is 0 Å². The Morgan fingerprint density at radius 1 is 0.968 bits per heavy atom. The summed E-state index contributed by atoms with van der Waals surface area (Å²) in [5.41, 5.74) is 0.741. The number of aromatic hydroxyl groups is 3. The van der Waals surface area contributed by atoms with Crippen LogP contribution in [0.3, 0.4) is 0 Å². The highest BCUT2D eigenvalue weighted by atomic mass is 16.7. The maximum atomic E-state index is 12.4. The number of aliphatic hydroxyl groups excluding tert-OH is 3. The van der Waals surface area contributed by atoms with E-state index in [1.54, 1.807) is 6.07 Å². The Hall–Kier alpha value is -2.89. The lowest BCUT2D eigenvalue weighted by Gasteiger charge is -2.41. The van der Waals surface area contributed by atoms with Gasteiger partial charge in [-0.1, -0.05) is 6.07 Å². The van der Waals surface area contributed by atoms with Crippen molar-refractivity contribution in [2.24, 2.45) is 0 Å². The van der Waals surface area contributed by atoms with Crippen LogP contribution < -0.4 is 0 Å². The number of ether oxygens (including phenoxy) is 3. The summed E-state index contributed by atoms with van der Waals surface area (Å²) in [6.07, 6.45) is -6.66. The molecule has 0 amide bonds. The highest BCUT2D eigenvalue weighted by Gasteiger charge is 2.47. The molecule has 1 aliphatic heterocycles. The van der Waals surface area contributed by atoms with E-state index in [-0.39, 0.29) is 35.8 Å². The molecule has 0 radical (unpaired) electrons. The van der Waals surface area contributed by atoms with Gasteiger partial charge in [0.25, 0.3) is 0 Å². The minimum absolute atomic E-state index is 0.0170. The van der Waals surface area contributed by atoms with Crippen LogP contribution in [0.2, 0.25) is 0 Å². The number of rotatable bonds is 7. The summed E-state index contributed by atoms with van der Waals surface area (Å²) in [6, 6.07) is 9.51. The fourth-order valence-corrected chi connectivity index (χ4v) is 3.12. The molecule has 31 heavy (non-hydrogen) atoms. The molecule has 0 saturated carbocycles. The predicted octanol–water partition coefficient (Wildman–Crippen LogP) is 0.0271. The van der Waals surface area contributed by atoms with E-state index in [1.807, 2.05) is 0 Å². The van der Waals surface area contributed by atoms with Gasteiger partial charge in [-0.3, -0.25) is 0 Å². The number of hydrogen-bond donors (Lipinski definition) is 6. The average Bonchev–Trinajstić information content (AvgIpc) is 2.75. The topological polar surface area (TPSA) is 166 Å². The van der Waals surface area contributed by atoms with Gasteiger partial charge in [-0.25, -0.2) is 4.79 Å². The lowest BCUT2D eigenvalue weighted by molar-refractivity contribution is -0.299. The number of carbonyl (C=O) groups excluding carboxylic acids is 1. The molecule has 1 fully saturated rings. The number of phenols is 3. The van der Waals surface area contributed by atoms with Crippen LogP contribution in [0.4, 0.5) is 0 Å². The quantitative estimate of drug-likeness (QED) is 0.257. The van der Waals surface area contributed by atoms with E-state index in [4.69, 9.17) is 14.2 Å². The molecule has 1 aliphatic rings. The fraction of sp³-hybridized carbons (Fsp3) is 0.381. The molecule has 2 aromatic rings. The number of aliphatic hydroxyl groups is 3. The van der Waals surface area contributed by atoms with Gasteiger partial charge in [0.2, 0.25) is 0 Å². The Morgan fingerprint density at radius 3 is 2.32 bits per heavy atom. The van der Waals surface area contributed by atoms with Crippen LogP contribution in [0.25, 0.3) is 0 Å². The number of phenolic OH excluding ortho intramolecular Hbond substituents is 3. The zero-order chi connectivity index (χ0) is 22.5.